The molecule has 0 radical (unpaired) electrons. The zero-order valence-corrected chi connectivity index (χ0v) is 16.9. The quantitative estimate of drug-likeness (QED) is 0.602. The van der Waals surface area contributed by atoms with Crippen LogP contribution in [0.4, 0.5) is 11.5 Å². The number of benzene rings is 1. The summed E-state index contributed by atoms with van der Waals surface area (Å²) in [6.07, 6.45) is 7.01. The highest BCUT2D eigenvalue weighted by atomic mass is 16.3. The van der Waals surface area contributed by atoms with Gasteiger partial charge in [-0.2, -0.15) is 10.4 Å². The van der Waals surface area contributed by atoms with Crippen LogP contribution in [0.3, 0.4) is 0 Å². The molecule has 0 aliphatic heterocycles. The zero-order valence-electron chi connectivity index (χ0n) is 16.9. The number of aliphatic hydroxyl groups is 1. The number of hydrogen-bond acceptors (Lipinski definition) is 5. The normalized spacial score (nSPS) is 15.2. The first-order valence-electron chi connectivity index (χ1n) is 10.0. The Kier molecular flexibility index (Phi) is 6.68. The van der Waals surface area contributed by atoms with Crippen molar-refractivity contribution in [3.05, 3.63) is 52.4 Å². The lowest BCUT2D eigenvalue weighted by Gasteiger charge is -2.22. The van der Waals surface area contributed by atoms with Gasteiger partial charge in [0.1, 0.15) is 5.39 Å². The van der Waals surface area contributed by atoms with Crippen LogP contribution in [0.15, 0.2) is 41.3 Å². The summed E-state index contributed by atoms with van der Waals surface area (Å²) in [6.45, 7) is 3.16. The Balaban J connectivity index is 0.000000755. The van der Waals surface area contributed by atoms with E-state index in [0.717, 1.165) is 29.6 Å². The standard InChI is InChI=1S/C20H24N4O2.C2H3N/c1-13(25)14-6-5-7-15(12-14)22-19-18-17(10-11-21-20(18)26)24(23-19)16-8-3-2-4-9-16;1-2-3/h5-7,10-13,16,25H,2-4,8-9H2,1H3,(H,21,26)(H,22,23);1H3. The predicted molar refractivity (Wildman–Crippen MR) is 114 cm³/mol. The van der Waals surface area contributed by atoms with E-state index >= 15 is 0 Å². The summed E-state index contributed by atoms with van der Waals surface area (Å²) >= 11 is 0. The maximum absolute atomic E-state index is 12.5. The molecule has 3 N–H and O–H groups in total. The molecule has 1 unspecified atom stereocenters. The Hall–Kier alpha value is -3.11. The molecule has 0 saturated heterocycles. The second-order valence-corrected chi connectivity index (χ2v) is 7.30. The highest BCUT2D eigenvalue weighted by molar-refractivity contribution is 5.91. The summed E-state index contributed by atoms with van der Waals surface area (Å²) in [5, 5.41) is 25.8. The van der Waals surface area contributed by atoms with Gasteiger partial charge in [-0.25, -0.2) is 0 Å². The van der Waals surface area contributed by atoms with E-state index in [4.69, 9.17) is 10.4 Å². The van der Waals surface area contributed by atoms with E-state index in [0.29, 0.717) is 17.2 Å². The first kappa shape index (κ1) is 20.6. The number of rotatable bonds is 4. The Morgan fingerprint density at radius 3 is 2.72 bits per heavy atom. The van der Waals surface area contributed by atoms with Gasteiger partial charge in [0.25, 0.3) is 5.56 Å². The summed E-state index contributed by atoms with van der Waals surface area (Å²) in [6, 6.07) is 11.6. The fraction of sp³-hybridized carbons (Fsp3) is 0.409. The molecule has 1 atom stereocenters. The minimum atomic E-state index is -0.545. The number of fused-ring (bicyclic) bond motifs is 1. The zero-order chi connectivity index (χ0) is 20.8. The minimum Gasteiger partial charge on any atom is -0.389 e. The molecule has 0 bridgehead atoms. The molecule has 7 nitrogen and oxygen atoms in total. The smallest absolute Gasteiger partial charge is 0.261 e. The molecule has 29 heavy (non-hydrogen) atoms. The highest BCUT2D eigenvalue weighted by Gasteiger charge is 2.22. The molecule has 1 saturated carbocycles. The maximum Gasteiger partial charge on any atom is 0.261 e. The fourth-order valence-electron chi connectivity index (χ4n) is 3.80. The number of anilines is 2. The molecule has 1 aromatic carbocycles. The summed E-state index contributed by atoms with van der Waals surface area (Å²) in [5.74, 6) is 0.565. The van der Waals surface area contributed by atoms with E-state index < -0.39 is 6.10 Å². The monoisotopic (exact) mass is 393 g/mol. The van der Waals surface area contributed by atoms with Gasteiger partial charge in [-0.3, -0.25) is 9.48 Å². The number of aliphatic hydroxyl groups excluding tert-OH is 1. The van der Waals surface area contributed by atoms with Gasteiger partial charge in [-0.15, -0.1) is 0 Å². The van der Waals surface area contributed by atoms with Crippen LogP contribution in [0.1, 0.15) is 63.7 Å². The third-order valence-corrected chi connectivity index (χ3v) is 5.18. The van der Waals surface area contributed by atoms with Gasteiger partial charge in [-0.05, 0) is 43.5 Å². The van der Waals surface area contributed by atoms with Crippen LogP contribution in [0.5, 0.6) is 0 Å². The molecule has 0 amide bonds. The van der Waals surface area contributed by atoms with Gasteiger partial charge in [-0.1, -0.05) is 31.4 Å². The number of pyridine rings is 1. The first-order chi connectivity index (χ1) is 14.0. The van der Waals surface area contributed by atoms with Crippen molar-refractivity contribution >= 4 is 22.4 Å². The van der Waals surface area contributed by atoms with E-state index in [2.05, 4.69) is 10.3 Å². The molecular weight excluding hydrogens is 366 g/mol. The molecule has 152 valence electrons. The van der Waals surface area contributed by atoms with Crippen molar-refractivity contribution in [2.45, 2.75) is 58.1 Å². The van der Waals surface area contributed by atoms with Crippen LogP contribution in [-0.2, 0) is 0 Å². The van der Waals surface area contributed by atoms with Crippen LogP contribution in [-0.4, -0.2) is 19.9 Å². The molecule has 0 spiro atoms. The second kappa shape index (κ2) is 9.39. The first-order valence-corrected chi connectivity index (χ1v) is 10.0. The lowest BCUT2D eigenvalue weighted by atomic mass is 9.95. The molecular formula is C22H27N5O2. The number of nitrogens with zero attached hydrogens (tertiary/aromatic N) is 3. The van der Waals surface area contributed by atoms with Gasteiger partial charge in [0.2, 0.25) is 0 Å². The van der Waals surface area contributed by atoms with Crippen LogP contribution >= 0.6 is 0 Å². The number of aromatic amines is 1. The average Bonchev–Trinajstić information content (AvgIpc) is 3.09. The molecule has 7 heteroatoms. The SMILES string of the molecule is CC#N.CC(O)c1cccc(Nc2nn(C3CCCCC3)c3cc[nH]c(=O)c23)c1. The molecule has 3 aromatic rings. The van der Waals surface area contributed by atoms with Crippen LogP contribution in [0.2, 0.25) is 0 Å². The van der Waals surface area contributed by atoms with Crippen molar-refractivity contribution in [1.82, 2.24) is 14.8 Å². The van der Waals surface area contributed by atoms with Gasteiger partial charge >= 0.3 is 0 Å². The predicted octanol–water partition coefficient (Wildman–Crippen LogP) is 4.56. The van der Waals surface area contributed by atoms with E-state index in [1.165, 1.54) is 26.2 Å². The van der Waals surface area contributed by atoms with E-state index in [1.54, 1.807) is 19.2 Å². The summed E-state index contributed by atoms with van der Waals surface area (Å²) in [4.78, 5) is 15.2. The van der Waals surface area contributed by atoms with Crippen molar-refractivity contribution in [2.24, 2.45) is 0 Å². The number of hydrogen-bond donors (Lipinski definition) is 3. The van der Waals surface area contributed by atoms with Crippen LogP contribution in [0, 0.1) is 11.3 Å². The summed E-state index contributed by atoms with van der Waals surface area (Å²) in [5.41, 5.74) is 2.36. The average molecular weight is 393 g/mol. The number of aromatic nitrogens is 3. The molecule has 1 aliphatic rings. The van der Waals surface area contributed by atoms with Crippen molar-refractivity contribution in [1.29, 1.82) is 5.26 Å². The van der Waals surface area contributed by atoms with Crippen molar-refractivity contribution in [3.8, 4) is 6.07 Å². The van der Waals surface area contributed by atoms with E-state index in [1.807, 2.05) is 35.0 Å². The van der Waals surface area contributed by atoms with Gasteiger partial charge in [0.15, 0.2) is 5.82 Å². The Bertz CT molecular complexity index is 1050. The largest absolute Gasteiger partial charge is 0.389 e. The van der Waals surface area contributed by atoms with Gasteiger partial charge in [0.05, 0.1) is 23.7 Å². The third kappa shape index (κ3) is 4.66. The number of H-pyrrole nitrogens is 1. The molecule has 4 rings (SSSR count). The Morgan fingerprint density at radius 1 is 1.31 bits per heavy atom. The molecule has 2 heterocycles. The third-order valence-electron chi connectivity index (χ3n) is 5.18. The molecule has 1 aliphatic carbocycles. The van der Waals surface area contributed by atoms with Gasteiger partial charge in [0, 0.05) is 18.8 Å². The summed E-state index contributed by atoms with van der Waals surface area (Å²) < 4.78 is 2.02. The topological polar surface area (TPSA) is 107 Å². The molecule has 2 aromatic heterocycles. The van der Waals surface area contributed by atoms with Gasteiger partial charge < -0.3 is 15.4 Å². The van der Waals surface area contributed by atoms with Crippen LogP contribution < -0.4 is 10.9 Å². The van der Waals surface area contributed by atoms with Crippen molar-refractivity contribution in [2.75, 3.05) is 5.32 Å². The Labute approximate surface area is 170 Å². The second-order valence-electron chi connectivity index (χ2n) is 7.30. The lowest BCUT2D eigenvalue weighted by Crippen LogP contribution is -2.14. The highest BCUT2D eigenvalue weighted by Crippen LogP contribution is 2.33. The minimum absolute atomic E-state index is 0.140. The number of nitrogens with one attached hydrogen (secondary N) is 2. The summed E-state index contributed by atoms with van der Waals surface area (Å²) in [7, 11) is 0. The van der Waals surface area contributed by atoms with Crippen molar-refractivity contribution in [3.63, 3.8) is 0 Å². The Morgan fingerprint density at radius 2 is 2.03 bits per heavy atom. The maximum atomic E-state index is 12.5. The van der Waals surface area contributed by atoms with E-state index in [9.17, 15) is 9.90 Å². The fourth-order valence-corrected chi connectivity index (χ4v) is 3.80. The number of nitriles is 1. The lowest BCUT2D eigenvalue weighted by molar-refractivity contribution is 0.199. The van der Waals surface area contributed by atoms with E-state index in [-0.39, 0.29) is 5.56 Å². The van der Waals surface area contributed by atoms with Crippen LogP contribution in [0.25, 0.3) is 10.9 Å². The molecule has 1 fully saturated rings. The van der Waals surface area contributed by atoms with Crippen molar-refractivity contribution < 1.29 is 5.11 Å².